The van der Waals surface area contributed by atoms with E-state index < -0.39 is 0 Å². The first kappa shape index (κ1) is 11.8. The van der Waals surface area contributed by atoms with Crippen LogP contribution in [0.2, 0.25) is 0 Å². The number of rotatable bonds is 5. The van der Waals surface area contributed by atoms with Crippen LogP contribution in [-0.2, 0) is 6.54 Å². The van der Waals surface area contributed by atoms with Crippen molar-refractivity contribution in [3.05, 3.63) is 28.0 Å². The molecule has 0 unspecified atom stereocenters. The fraction of sp³-hybridized carbons (Fsp3) is 0.364. The minimum absolute atomic E-state index is 0.691. The Balaban J connectivity index is 2.05. The number of hydrogen-bond donors (Lipinski definition) is 1. The highest BCUT2D eigenvalue weighted by molar-refractivity contribution is 9.10. The first-order valence-corrected chi connectivity index (χ1v) is 6.87. The first-order chi connectivity index (χ1) is 7.81. The van der Waals surface area contributed by atoms with Gasteiger partial charge in [0, 0.05) is 4.47 Å². The molecule has 2 aromatic rings. The maximum Gasteiger partial charge on any atom is 0.208 e. The standard InChI is InChI=1S/C11H13BrN2OS/c1-2-4-13-7-10-14-6-9(15-10)11-8(12)3-5-16-11/h3,5-6,13H,2,4,7H2,1H3. The molecule has 0 amide bonds. The van der Waals surface area contributed by atoms with Gasteiger partial charge in [-0.3, -0.25) is 0 Å². The molecule has 0 aliphatic carbocycles. The Morgan fingerprint density at radius 2 is 2.44 bits per heavy atom. The summed E-state index contributed by atoms with van der Waals surface area (Å²) in [5.41, 5.74) is 0. The van der Waals surface area contributed by atoms with Crippen molar-refractivity contribution in [2.24, 2.45) is 0 Å². The van der Waals surface area contributed by atoms with Crippen LogP contribution in [0, 0.1) is 0 Å². The van der Waals surface area contributed by atoms with Crippen LogP contribution in [0.5, 0.6) is 0 Å². The Bertz CT molecular complexity index is 452. The molecule has 86 valence electrons. The molecule has 16 heavy (non-hydrogen) atoms. The first-order valence-electron chi connectivity index (χ1n) is 5.20. The molecule has 0 saturated heterocycles. The van der Waals surface area contributed by atoms with E-state index in [2.05, 4.69) is 33.2 Å². The van der Waals surface area contributed by atoms with Crippen LogP contribution in [0.15, 0.2) is 26.5 Å². The van der Waals surface area contributed by atoms with Gasteiger partial charge in [0.1, 0.15) is 0 Å². The summed E-state index contributed by atoms with van der Waals surface area (Å²) in [6, 6.07) is 2.01. The van der Waals surface area contributed by atoms with Crippen molar-refractivity contribution < 1.29 is 4.42 Å². The van der Waals surface area contributed by atoms with Crippen LogP contribution in [0.3, 0.4) is 0 Å². The van der Waals surface area contributed by atoms with Gasteiger partial charge in [-0.15, -0.1) is 11.3 Å². The zero-order chi connectivity index (χ0) is 11.4. The summed E-state index contributed by atoms with van der Waals surface area (Å²) in [6.45, 7) is 3.81. The van der Waals surface area contributed by atoms with Crippen LogP contribution in [0.4, 0.5) is 0 Å². The Kier molecular flexibility index (Phi) is 4.15. The molecule has 2 rings (SSSR count). The molecule has 2 aromatic heterocycles. The Hall–Kier alpha value is -0.650. The molecule has 1 N–H and O–H groups in total. The molecule has 0 saturated carbocycles. The number of nitrogens with zero attached hydrogens (tertiary/aromatic N) is 1. The van der Waals surface area contributed by atoms with Crippen molar-refractivity contribution in [2.45, 2.75) is 19.9 Å². The minimum atomic E-state index is 0.691. The Morgan fingerprint density at radius 3 is 3.12 bits per heavy atom. The van der Waals surface area contributed by atoms with Gasteiger partial charge in [-0.25, -0.2) is 4.98 Å². The smallest absolute Gasteiger partial charge is 0.208 e. The van der Waals surface area contributed by atoms with Gasteiger partial charge in [0.15, 0.2) is 5.76 Å². The molecule has 0 radical (unpaired) electrons. The molecule has 0 bridgehead atoms. The molecule has 5 heteroatoms. The number of halogens is 1. The molecule has 0 atom stereocenters. The highest BCUT2D eigenvalue weighted by Crippen LogP contribution is 2.33. The van der Waals surface area contributed by atoms with Gasteiger partial charge in [0.25, 0.3) is 0 Å². The predicted molar refractivity (Wildman–Crippen MR) is 69.5 cm³/mol. The molecule has 0 aromatic carbocycles. The topological polar surface area (TPSA) is 38.1 Å². The SMILES string of the molecule is CCCNCc1ncc(-c2sccc2Br)o1. The molecular weight excluding hydrogens is 288 g/mol. The van der Waals surface area contributed by atoms with E-state index in [4.69, 9.17) is 4.42 Å². The van der Waals surface area contributed by atoms with Gasteiger partial charge in [-0.2, -0.15) is 0 Å². The number of nitrogens with one attached hydrogen (secondary N) is 1. The van der Waals surface area contributed by atoms with Crippen molar-refractivity contribution >= 4 is 27.3 Å². The van der Waals surface area contributed by atoms with E-state index in [1.807, 2.05) is 11.4 Å². The second kappa shape index (κ2) is 5.61. The highest BCUT2D eigenvalue weighted by Gasteiger charge is 2.10. The fourth-order valence-electron chi connectivity index (χ4n) is 1.34. The van der Waals surface area contributed by atoms with E-state index in [1.54, 1.807) is 17.5 Å². The predicted octanol–water partition coefficient (Wildman–Crippen LogP) is 3.67. The average molecular weight is 301 g/mol. The molecule has 0 aliphatic rings. The van der Waals surface area contributed by atoms with E-state index in [9.17, 15) is 0 Å². The number of oxazole rings is 1. The molecule has 0 aliphatic heterocycles. The molecular formula is C11H13BrN2OS. The molecule has 0 spiro atoms. The Morgan fingerprint density at radius 1 is 1.56 bits per heavy atom. The fourth-order valence-corrected chi connectivity index (χ4v) is 2.85. The van der Waals surface area contributed by atoms with Crippen LogP contribution in [-0.4, -0.2) is 11.5 Å². The summed E-state index contributed by atoms with van der Waals surface area (Å²) in [7, 11) is 0. The van der Waals surface area contributed by atoms with Gasteiger partial charge in [0.05, 0.1) is 17.6 Å². The summed E-state index contributed by atoms with van der Waals surface area (Å²) in [4.78, 5) is 5.33. The maximum atomic E-state index is 5.66. The van der Waals surface area contributed by atoms with Crippen LogP contribution in [0.1, 0.15) is 19.2 Å². The minimum Gasteiger partial charge on any atom is -0.438 e. The summed E-state index contributed by atoms with van der Waals surface area (Å²) >= 11 is 5.13. The van der Waals surface area contributed by atoms with E-state index in [1.165, 1.54) is 0 Å². The van der Waals surface area contributed by atoms with E-state index >= 15 is 0 Å². The van der Waals surface area contributed by atoms with Crippen LogP contribution in [0.25, 0.3) is 10.6 Å². The van der Waals surface area contributed by atoms with E-state index in [-0.39, 0.29) is 0 Å². The Labute approximate surface area is 107 Å². The van der Waals surface area contributed by atoms with Crippen molar-refractivity contribution in [1.82, 2.24) is 10.3 Å². The summed E-state index contributed by atoms with van der Waals surface area (Å²) < 4.78 is 6.72. The van der Waals surface area contributed by atoms with E-state index in [0.717, 1.165) is 34.0 Å². The lowest BCUT2D eigenvalue weighted by atomic mass is 10.4. The zero-order valence-corrected chi connectivity index (χ0v) is 11.4. The van der Waals surface area contributed by atoms with Crippen molar-refractivity contribution in [3.63, 3.8) is 0 Å². The molecule has 3 nitrogen and oxygen atoms in total. The third-order valence-corrected chi connectivity index (χ3v) is 3.95. The normalized spacial score (nSPS) is 10.9. The number of aromatic nitrogens is 1. The van der Waals surface area contributed by atoms with Gasteiger partial charge in [0.2, 0.25) is 5.89 Å². The third-order valence-electron chi connectivity index (χ3n) is 2.10. The highest BCUT2D eigenvalue weighted by atomic mass is 79.9. The zero-order valence-electron chi connectivity index (χ0n) is 9.00. The third kappa shape index (κ3) is 2.72. The second-order valence-corrected chi connectivity index (χ2v) is 5.16. The lowest BCUT2D eigenvalue weighted by Crippen LogP contribution is -2.13. The quantitative estimate of drug-likeness (QED) is 0.856. The van der Waals surface area contributed by atoms with Gasteiger partial charge >= 0.3 is 0 Å². The van der Waals surface area contributed by atoms with Crippen molar-refractivity contribution in [1.29, 1.82) is 0 Å². The molecule has 0 fully saturated rings. The molecule has 2 heterocycles. The van der Waals surface area contributed by atoms with Crippen LogP contribution >= 0.6 is 27.3 Å². The lowest BCUT2D eigenvalue weighted by molar-refractivity contribution is 0.478. The monoisotopic (exact) mass is 300 g/mol. The lowest BCUT2D eigenvalue weighted by Gasteiger charge is -1.97. The maximum absolute atomic E-state index is 5.66. The average Bonchev–Trinajstić information content (AvgIpc) is 2.87. The summed E-state index contributed by atoms with van der Waals surface area (Å²) in [6.07, 6.45) is 2.89. The second-order valence-electron chi connectivity index (χ2n) is 3.39. The number of hydrogen-bond acceptors (Lipinski definition) is 4. The van der Waals surface area contributed by atoms with E-state index in [0.29, 0.717) is 6.54 Å². The number of thiophene rings is 1. The summed E-state index contributed by atoms with van der Waals surface area (Å²) in [5.74, 6) is 1.57. The summed E-state index contributed by atoms with van der Waals surface area (Å²) in [5, 5.41) is 5.28. The van der Waals surface area contributed by atoms with Gasteiger partial charge in [-0.1, -0.05) is 6.92 Å². The van der Waals surface area contributed by atoms with Crippen molar-refractivity contribution in [2.75, 3.05) is 6.54 Å². The largest absolute Gasteiger partial charge is 0.438 e. The van der Waals surface area contributed by atoms with Gasteiger partial charge in [-0.05, 0) is 40.3 Å². The van der Waals surface area contributed by atoms with Crippen LogP contribution < -0.4 is 5.32 Å². The van der Waals surface area contributed by atoms with Crippen molar-refractivity contribution in [3.8, 4) is 10.6 Å². The van der Waals surface area contributed by atoms with Gasteiger partial charge < -0.3 is 9.73 Å².